The van der Waals surface area contributed by atoms with Crippen molar-refractivity contribution >= 4 is 33.4 Å². The molecule has 0 spiro atoms. The topological polar surface area (TPSA) is 121 Å². The fourth-order valence-electron chi connectivity index (χ4n) is 3.22. The summed E-state index contributed by atoms with van der Waals surface area (Å²) in [5.74, 6) is -0.878. The Hall–Kier alpha value is -3.00. The van der Waals surface area contributed by atoms with E-state index in [4.69, 9.17) is 11.5 Å². The fourth-order valence-corrected chi connectivity index (χ4v) is 4.24. The van der Waals surface area contributed by atoms with Crippen LogP contribution < -0.4 is 17.0 Å². The van der Waals surface area contributed by atoms with Crippen LogP contribution in [0.25, 0.3) is 21.6 Å². The van der Waals surface area contributed by atoms with Crippen LogP contribution in [0, 0.1) is 13.8 Å². The average molecular weight is 384 g/mol. The van der Waals surface area contributed by atoms with Gasteiger partial charge in [-0.15, -0.1) is 11.3 Å². The Morgan fingerprint density at radius 1 is 1.26 bits per heavy atom. The van der Waals surface area contributed by atoms with E-state index in [2.05, 4.69) is 4.98 Å². The minimum absolute atomic E-state index is 0.287. The molecule has 4 N–H and O–H groups in total. The number of hydrogen-bond donors (Lipinski definition) is 2. The van der Waals surface area contributed by atoms with Crippen LogP contribution in [0.5, 0.6) is 0 Å². The van der Waals surface area contributed by atoms with Crippen LogP contribution in [0.1, 0.15) is 40.2 Å². The van der Waals surface area contributed by atoms with Crippen molar-refractivity contribution in [1.29, 1.82) is 0 Å². The van der Waals surface area contributed by atoms with Gasteiger partial charge < -0.3 is 11.5 Å². The Labute approximate surface area is 159 Å². The number of amides is 2. The highest BCUT2D eigenvalue weighted by atomic mass is 32.1. The molecule has 2 amide bonds. The maximum atomic E-state index is 13.3. The third-order valence-corrected chi connectivity index (χ3v) is 5.72. The summed E-state index contributed by atoms with van der Waals surface area (Å²) in [6.45, 7) is 5.36. The van der Waals surface area contributed by atoms with Crippen molar-refractivity contribution in [3.63, 3.8) is 0 Å². The van der Waals surface area contributed by atoms with Gasteiger partial charge in [-0.3, -0.25) is 19.0 Å². The molecule has 140 valence electrons. The lowest BCUT2D eigenvalue weighted by Crippen LogP contribution is -2.35. The minimum Gasteiger partial charge on any atom is -0.368 e. The number of nitrogens with zero attached hydrogens (tertiary/aromatic N) is 2. The van der Waals surface area contributed by atoms with Crippen LogP contribution in [-0.2, 0) is 4.79 Å². The summed E-state index contributed by atoms with van der Waals surface area (Å²) in [4.78, 5) is 42.4. The first-order valence-corrected chi connectivity index (χ1v) is 9.29. The van der Waals surface area contributed by atoms with Crippen molar-refractivity contribution in [2.45, 2.75) is 33.2 Å². The number of primary amides is 2. The molecule has 1 aromatic carbocycles. The van der Waals surface area contributed by atoms with E-state index < -0.39 is 23.4 Å². The number of carbonyl (C=O) groups is 2. The lowest BCUT2D eigenvalue weighted by Gasteiger charge is -2.19. The van der Waals surface area contributed by atoms with E-state index in [0.29, 0.717) is 33.6 Å². The van der Waals surface area contributed by atoms with E-state index >= 15 is 0 Å². The number of fused-ring (bicyclic) bond motifs is 1. The summed E-state index contributed by atoms with van der Waals surface area (Å²) in [5, 5.41) is 0.296. The van der Waals surface area contributed by atoms with Crippen molar-refractivity contribution in [2.24, 2.45) is 11.5 Å². The van der Waals surface area contributed by atoms with Crippen molar-refractivity contribution in [3.05, 3.63) is 50.6 Å². The number of thiophene rings is 1. The zero-order valence-corrected chi connectivity index (χ0v) is 16.1. The number of carbonyl (C=O) groups excluding carboxylic acids is 2. The molecule has 3 rings (SSSR count). The van der Waals surface area contributed by atoms with Crippen LogP contribution >= 0.6 is 11.3 Å². The molecule has 0 fully saturated rings. The molecular weight excluding hydrogens is 364 g/mol. The molecule has 0 aliphatic carbocycles. The van der Waals surface area contributed by atoms with Gasteiger partial charge in [0, 0.05) is 5.56 Å². The monoisotopic (exact) mass is 384 g/mol. The van der Waals surface area contributed by atoms with Gasteiger partial charge in [0.05, 0.1) is 10.3 Å². The van der Waals surface area contributed by atoms with E-state index in [1.54, 1.807) is 13.8 Å². The Morgan fingerprint density at radius 2 is 1.96 bits per heavy atom. The van der Waals surface area contributed by atoms with Crippen LogP contribution in [-0.4, -0.2) is 21.4 Å². The van der Waals surface area contributed by atoms with E-state index in [1.165, 1.54) is 4.57 Å². The van der Waals surface area contributed by atoms with Crippen molar-refractivity contribution in [2.75, 3.05) is 0 Å². The largest absolute Gasteiger partial charge is 0.368 e. The molecule has 2 aromatic heterocycles. The molecule has 7 nitrogen and oxygen atoms in total. The normalized spacial score (nSPS) is 12.3. The maximum absolute atomic E-state index is 13.3. The highest BCUT2D eigenvalue weighted by molar-refractivity contribution is 7.20. The second kappa shape index (κ2) is 6.96. The Kier molecular flexibility index (Phi) is 4.84. The molecule has 0 bridgehead atoms. The molecule has 1 unspecified atom stereocenters. The summed E-state index contributed by atoms with van der Waals surface area (Å²) in [6, 6.07) is 6.64. The lowest BCUT2D eigenvalue weighted by atomic mass is 10.1. The van der Waals surface area contributed by atoms with E-state index in [1.807, 2.05) is 31.2 Å². The van der Waals surface area contributed by atoms with Gasteiger partial charge in [0.15, 0.2) is 0 Å². The van der Waals surface area contributed by atoms with Gasteiger partial charge in [0.25, 0.3) is 11.5 Å². The van der Waals surface area contributed by atoms with E-state index in [9.17, 15) is 14.4 Å². The first-order chi connectivity index (χ1) is 12.8. The molecule has 0 radical (unpaired) electrons. The number of hydrogen-bond acceptors (Lipinski definition) is 5. The third kappa shape index (κ3) is 3.12. The van der Waals surface area contributed by atoms with Crippen molar-refractivity contribution in [1.82, 2.24) is 9.55 Å². The molecule has 0 saturated carbocycles. The number of benzene rings is 1. The van der Waals surface area contributed by atoms with Gasteiger partial charge in [-0.2, -0.15) is 0 Å². The molecule has 0 aliphatic heterocycles. The SMILES string of the molecule is CCC(C(N)=O)n1c(-c2cccc(C)c2)nc2sc(C(N)=O)c(C)c2c1=O. The van der Waals surface area contributed by atoms with Gasteiger partial charge in [0.2, 0.25) is 5.91 Å². The van der Waals surface area contributed by atoms with Crippen LogP contribution in [0.4, 0.5) is 0 Å². The molecule has 0 aliphatic rings. The van der Waals surface area contributed by atoms with Gasteiger partial charge in [-0.05, 0) is 31.9 Å². The van der Waals surface area contributed by atoms with Crippen LogP contribution in [0.2, 0.25) is 0 Å². The number of nitrogens with two attached hydrogens (primary N) is 2. The van der Waals surface area contributed by atoms with Crippen molar-refractivity contribution in [3.8, 4) is 11.4 Å². The number of aromatic nitrogens is 2. The highest BCUT2D eigenvalue weighted by Crippen LogP contribution is 2.31. The molecule has 27 heavy (non-hydrogen) atoms. The lowest BCUT2D eigenvalue weighted by molar-refractivity contribution is -0.121. The molecule has 8 heteroatoms. The number of rotatable bonds is 5. The van der Waals surface area contributed by atoms with Crippen LogP contribution in [0.15, 0.2) is 29.1 Å². The first kappa shape index (κ1) is 18.8. The first-order valence-electron chi connectivity index (χ1n) is 8.48. The quantitative estimate of drug-likeness (QED) is 0.701. The summed E-state index contributed by atoms with van der Waals surface area (Å²) in [6.07, 6.45) is 0.340. The fraction of sp³-hybridized carbons (Fsp3) is 0.263. The average Bonchev–Trinajstić information content (AvgIpc) is 2.94. The van der Waals surface area contributed by atoms with Gasteiger partial charge >= 0.3 is 0 Å². The van der Waals surface area contributed by atoms with Crippen molar-refractivity contribution < 1.29 is 9.59 Å². The molecule has 3 aromatic rings. The van der Waals surface area contributed by atoms with Gasteiger partial charge in [-0.25, -0.2) is 4.98 Å². The molecule has 1 atom stereocenters. The zero-order valence-electron chi connectivity index (χ0n) is 15.3. The maximum Gasteiger partial charge on any atom is 0.263 e. The summed E-state index contributed by atoms with van der Waals surface area (Å²) >= 11 is 1.08. The molecular formula is C19H20N4O3S. The zero-order chi connectivity index (χ0) is 19.9. The summed E-state index contributed by atoms with van der Waals surface area (Å²) < 4.78 is 1.34. The summed E-state index contributed by atoms with van der Waals surface area (Å²) in [7, 11) is 0. The Balaban J connectivity index is 2.47. The minimum atomic E-state index is -0.846. The predicted octanol–water partition coefficient (Wildman–Crippen LogP) is 2.28. The highest BCUT2D eigenvalue weighted by Gasteiger charge is 2.26. The molecule has 0 saturated heterocycles. The van der Waals surface area contributed by atoms with Gasteiger partial charge in [0.1, 0.15) is 16.7 Å². The molecule has 2 heterocycles. The Morgan fingerprint density at radius 3 is 2.52 bits per heavy atom. The predicted molar refractivity (Wildman–Crippen MR) is 106 cm³/mol. The van der Waals surface area contributed by atoms with E-state index in [-0.39, 0.29) is 4.88 Å². The second-order valence-electron chi connectivity index (χ2n) is 6.41. The summed E-state index contributed by atoms with van der Waals surface area (Å²) in [5.41, 5.74) is 12.8. The second-order valence-corrected chi connectivity index (χ2v) is 7.41. The van der Waals surface area contributed by atoms with Gasteiger partial charge in [-0.1, -0.05) is 30.7 Å². The van der Waals surface area contributed by atoms with E-state index in [0.717, 1.165) is 16.9 Å². The Bertz CT molecular complexity index is 1130. The van der Waals surface area contributed by atoms with Crippen LogP contribution in [0.3, 0.4) is 0 Å². The standard InChI is InChI=1S/C19H20N4O3S/c1-4-12(15(20)24)23-17(11-7-5-6-9(2)8-11)22-18-13(19(23)26)10(3)14(27-18)16(21)25/h5-8,12H,4H2,1-3H3,(H2,20,24)(H2,21,25). The third-order valence-electron chi connectivity index (χ3n) is 4.52. The number of aryl methyl sites for hydroxylation is 2. The smallest absolute Gasteiger partial charge is 0.263 e.